The molecule has 4 saturated heterocycles. The zero-order valence-electron chi connectivity index (χ0n) is 65.2. The molecule has 1 aliphatic carbocycles. The number of β-amino-alcohol motifs (C(OH)–C–C–N with tert-alkyl or cyclic N) is 4. The normalized spacial score (nSPS) is 19.8. The van der Waals surface area contributed by atoms with Gasteiger partial charge in [0.15, 0.2) is 0 Å². The zero-order chi connectivity index (χ0) is 82.8. The van der Waals surface area contributed by atoms with E-state index in [1.807, 2.05) is 146 Å². The molecule has 5 aliphatic heterocycles. The van der Waals surface area contributed by atoms with Gasteiger partial charge in [0, 0.05) is 107 Å². The van der Waals surface area contributed by atoms with E-state index in [2.05, 4.69) is 118 Å². The van der Waals surface area contributed by atoms with Crippen molar-refractivity contribution in [1.82, 2.24) is 62.5 Å². The lowest BCUT2D eigenvalue weighted by molar-refractivity contribution is -0.128. The molecule has 8 amide bonds. The summed E-state index contributed by atoms with van der Waals surface area (Å²) in [6.45, 7) is 5.72. The van der Waals surface area contributed by atoms with Crippen LogP contribution in [0, 0.1) is 5.82 Å². The van der Waals surface area contributed by atoms with Gasteiger partial charge in [-0.15, -0.1) is 0 Å². The highest BCUT2D eigenvalue weighted by Crippen LogP contribution is 2.45. The van der Waals surface area contributed by atoms with Crippen LogP contribution in [0.5, 0.6) is 0 Å². The Bertz CT molecular complexity index is 5820. The smallest absolute Gasteiger partial charge is 0.245 e. The number of carbonyl (C=O) groups excluding carboxylic acids is 8. The minimum atomic E-state index is -0.932. The number of aromatic nitrogens is 4. The molecule has 5 fully saturated rings. The molecule has 26 heteroatoms. The molecule has 18 rings (SSSR count). The molecule has 1 saturated carbocycles. The number of rotatable bonds is 23. The van der Waals surface area contributed by atoms with Gasteiger partial charge >= 0.3 is 0 Å². The summed E-state index contributed by atoms with van der Waals surface area (Å²) in [6, 6.07) is 59.6. The third-order valence-electron chi connectivity index (χ3n) is 22.6. The molecule has 0 bridgehead atoms. The number of ether oxygens (including phenoxy) is 1. The second-order valence-corrected chi connectivity index (χ2v) is 30.5. The summed E-state index contributed by atoms with van der Waals surface area (Å²) in [6.07, 6.45) is 5.45. The standard InChI is InChI=1S/C25H25N3O4.C24H25N3O3.C23H23N3O3.C21H20FN3O3/c29-20-13-26-25(31)24(20)27-21(30)10-9-19-18-8-4-7-17(16-11-12-32-14-16)23(18)28-22(19)15-5-2-1-3-6-15;28-19-13-25-24(30)23(19)26-20(29)12-11-18-17-8-4-7-16(14-9-10-14)22(17)27-21(18)15-5-2-1-3-6-15;1-2-14-9-6-10-16-17(21(26-20(14)16)15-7-4-3-5-8-15)11-12-19(28)25-22-18(27)13-24-23(22)29;22-15-8-4-7-13-14(18(25-19(13)15)12-5-2-1-3-6-12)9-10-17(27)24-20-16(26)11-23-21(20)28/h1-8,11,20,24,28-29H,9-10,12-14H2,(H,26,31)(H,27,30);1-8,14,19,23,27-28H,9-13H2,(H,25,30)(H,26,29);2-10,18,22,26-27H,1,11-13H2,(H,24,29)(H,25,28);1-8,16,20,25-26H,9-11H2,(H,23,28)(H,24,27)/t20-,24+;19-,23+;18-,22+;16-,20+/m1111/s1. The SMILES string of the molecule is C=Cc1cccc2c(CCC(=O)N[C@@H]3C(=O)NC[C@H]3O)c(-c3ccccc3)[nH]c12.O=C(CCc1c(-c2ccccc2)[nH]c2c(C3=CCOC3)cccc12)N[C@@H]1C(=O)NC[C@H]1O.O=C(CCc1c(-c2ccccc2)[nH]c2c(C3CC3)cccc12)N[C@@H]1C(=O)NC[C@H]1O.O=C(CCc1c(-c2ccccc2)[nH]c2c(F)cccc12)N[C@@H]1C(=O)NC[C@H]1O. The van der Waals surface area contributed by atoms with Crippen LogP contribution in [0.25, 0.3) is 100 Å². The fourth-order valence-corrected chi connectivity index (χ4v) is 16.3. The number of aliphatic hydroxyl groups is 4. The number of benzene rings is 8. The highest BCUT2D eigenvalue weighted by molar-refractivity contribution is 6.01. The van der Waals surface area contributed by atoms with E-state index < -0.39 is 48.6 Å². The van der Waals surface area contributed by atoms with Crippen molar-refractivity contribution in [2.75, 3.05) is 39.4 Å². The first-order chi connectivity index (χ1) is 57.8. The topological polar surface area (TPSA) is 386 Å². The Labute approximate surface area is 684 Å². The maximum atomic E-state index is 14.3. The van der Waals surface area contributed by atoms with E-state index in [0.717, 1.165) is 117 Å². The molecular formula is C93H93FN12O13. The number of nitrogens with one attached hydrogen (secondary N) is 12. The van der Waals surface area contributed by atoms with Crippen LogP contribution in [0.3, 0.4) is 0 Å². The summed E-state index contributed by atoms with van der Waals surface area (Å²) in [5.41, 5.74) is 20.1. The van der Waals surface area contributed by atoms with E-state index in [1.54, 1.807) is 6.07 Å². The number of para-hydroxylation sites is 4. The van der Waals surface area contributed by atoms with Crippen molar-refractivity contribution in [3.63, 3.8) is 0 Å². The molecule has 8 atom stereocenters. The number of aryl methyl sites for hydroxylation is 4. The van der Waals surface area contributed by atoms with E-state index in [-0.39, 0.29) is 105 Å². The van der Waals surface area contributed by atoms with Crippen LogP contribution in [0.15, 0.2) is 207 Å². The number of hydrogen-bond donors (Lipinski definition) is 16. The Morgan fingerprint density at radius 1 is 0.403 bits per heavy atom. The monoisotopic (exact) mass is 1600 g/mol. The van der Waals surface area contributed by atoms with Crippen LogP contribution < -0.4 is 42.5 Å². The first-order valence-electron chi connectivity index (χ1n) is 40.2. The highest BCUT2D eigenvalue weighted by Gasteiger charge is 2.39. The van der Waals surface area contributed by atoms with E-state index in [4.69, 9.17) is 4.74 Å². The van der Waals surface area contributed by atoms with Gasteiger partial charge in [-0.05, 0) is 112 Å². The third kappa shape index (κ3) is 18.2. The van der Waals surface area contributed by atoms with Crippen LogP contribution in [-0.2, 0) is 68.8 Å². The lowest BCUT2D eigenvalue weighted by Crippen LogP contribution is -2.45. The Hall–Kier alpha value is -13.1. The van der Waals surface area contributed by atoms with Crippen molar-refractivity contribution in [2.45, 2.75) is 119 Å². The molecule has 8 aromatic carbocycles. The maximum Gasteiger partial charge on any atom is 0.245 e. The highest BCUT2D eigenvalue weighted by atomic mass is 19.1. The van der Waals surface area contributed by atoms with Gasteiger partial charge < -0.3 is 87.6 Å². The predicted octanol–water partition coefficient (Wildman–Crippen LogP) is 9.05. The molecule has 0 spiro atoms. The molecule has 12 aromatic rings. The van der Waals surface area contributed by atoms with Gasteiger partial charge in [-0.25, -0.2) is 4.39 Å². The van der Waals surface area contributed by atoms with Crippen LogP contribution in [-0.4, -0.2) is 176 Å². The Kier molecular flexibility index (Phi) is 24.9. The summed E-state index contributed by atoms with van der Waals surface area (Å²) in [7, 11) is 0. The average Bonchev–Trinajstić information content (AvgIpc) is 1.62. The van der Waals surface area contributed by atoms with Gasteiger partial charge in [0.2, 0.25) is 47.3 Å². The number of halogens is 1. The first-order valence-corrected chi connectivity index (χ1v) is 40.2. The summed E-state index contributed by atoms with van der Waals surface area (Å²) in [5.74, 6) is -2.25. The molecule has 610 valence electrons. The van der Waals surface area contributed by atoms with Crippen LogP contribution >= 0.6 is 0 Å². The first kappa shape index (κ1) is 81.1. The van der Waals surface area contributed by atoms with Crippen molar-refractivity contribution < 1.29 is 67.9 Å². The molecule has 119 heavy (non-hydrogen) atoms. The van der Waals surface area contributed by atoms with E-state index in [9.17, 15) is 63.2 Å². The number of H-pyrrole nitrogens is 4. The molecule has 25 nitrogen and oxygen atoms in total. The number of fused-ring (bicyclic) bond motifs is 4. The summed E-state index contributed by atoms with van der Waals surface area (Å²) < 4.78 is 19.8. The van der Waals surface area contributed by atoms with Crippen molar-refractivity contribution in [1.29, 1.82) is 0 Å². The molecular weight excluding hydrogens is 1510 g/mol. The van der Waals surface area contributed by atoms with E-state index in [0.29, 0.717) is 50.3 Å². The summed E-state index contributed by atoms with van der Waals surface area (Å²) >= 11 is 0. The van der Waals surface area contributed by atoms with Crippen molar-refractivity contribution in [3.8, 4) is 45.0 Å². The molecule has 4 aromatic heterocycles. The Morgan fingerprint density at radius 3 is 1.08 bits per heavy atom. The Balaban J connectivity index is 0.000000124. The van der Waals surface area contributed by atoms with Gasteiger partial charge in [-0.1, -0.05) is 207 Å². The number of aromatic amines is 4. The van der Waals surface area contributed by atoms with Gasteiger partial charge in [-0.3, -0.25) is 38.4 Å². The minimum Gasteiger partial charge on any atom is -0.389 e. The second kappa shape index (κ2) is 36.6. The molecule has 6 aliphatic rings. The third-order valence-corrected chi connectivity index (χ3v) is 22.6. The average molecular weight is 1610 g/mol. The summed E-state index contributed by atoms with van der Waals surface area (Å²) in [4.78, 5) is 111. The summed E-state index contributed by atoms with van der Waals surface area (Å²) in [5, 5.41) is 64.1. The van der Waals surface area contributed by atoms with Crippen LogP contribution in [0.1, 0.15) is 83.4 Å². The van der Waals surface area contributed by atoms with Gasteiger partial charge in [0.25, 0.3) is 0 Å². The molecule has 0 radical (unpaired) electrons. The van der Waals surface area contributed by atoms with E-state index >= 15 is 0 Å². The van der Waals surface area contributed by atoms with Gasteiger partial charge in [-0.2, -0.15) is 0 Å². The van der Waals surface area contributed by atoms with Crippen LogP contribution in [0.4, 0.5) is 4.39 Å². The molecule has 16 N–H and O–H groups in total. The van der Waals surface area contributed by atoms with Gasteiger partial charge in [0.1, 0.15) is 54.4 Å². The number of amides is 8. The fraction of sp³-hybridized carbons (Fsp3) is 0.269. The Morgan fingerprint density at radius 2 is 0.731 bits per heavy atom. The lowest BCUT2D eigenvalue weighted by atomic mass is 9.98. The van der Waals surface area contributed by atoms with Crippen LogP contribution in [0.2, 0.25) is 0 Å². The van der Waals surface area contributed by atoms with E-state index in [1.165, 1.54) is 30.0 Å². The van der Waals surface area contributed by atoms with Crippen molar-refractivity contribution in [3.05, 3.63) is 252 Å². The number of hydrogen-bond acceptors (Lipinski definition) is 13. The maximum absolute atomic E-state index is 14.3. The van der Waals surface area contributed by atoms with Crippen molar-refractivity contribution in [2.24, 2.45) is 0 Å². The second-order valence-electron chi connectivity index (χ2n) is 30.5. The lowest BCUT2D eigenvalue weighted by Gasteiger charge is -2.14. The minimum absolute atomic E-state index is 0.111. The predicted molar refractivity (Wildman–Crippen MR) is 453 cm³/mol. The van der Waals surface area contributed by atoms with Gasteiger partial charge in [0.05, 0.1) is 29.8 Å². The number of carbonyl (C=O) groups is 8. The van der Waals surface area contributed by atoms with Crippen molar-refractivity contribution >= 4 is 103 Å². The quantitative estimate of drug-likeness (QED) is 0.0284. The largest absolute Gasteiger partial charge is 0.389 e. The molecule has 0 unspecified atom stereocenters. The molecule has 9 heterocycles. The fourth-order valence-electron chi connectivity index (χ4n) is 16.3. The number of aliphatic hydroxyl groups excluding tert-OH is 4. The zero-order valence-corrected chi connectivity index (χ0v) is 65.2.